The number of amides is 1. The highest BCUT2D eigenvalue weighted by atomic mass is 16.6. The molecule has 2 N–H and O–H groups in total. The highest BCUT2D eigenvalue weighted by Crippen LogP contribution is 2.20. The maximum absolute atomic E-state index is 12.1. The van der Waals surface area contributed by atoms with Crippen LogP contribution in [0.2, 0.25) is 0 Å². The molecule has 2 unspecified atom stereocenters. The Labute approximate surface area is 139 Å². The Hall–Kier alpha value is -1.49. The van der Waals surface area contributed by atoms with Crippen LogP contribution in [0.4, 0.5) is 4.79 Å². The van der Waals surface area contributed by atoms with Gasteiger partial charge in [-0.3, -0.25) is 0 Å². The van der Waals surface area contributed by atoms with Gasteiger partial charge in [-0.05, 0) is 52.7 Å². The largest absolute Gasteiger partial charge is 0.465 e. The van der Waals surface area contributed by atoms with E-state index >= 15 is 0 Å². The van der Waals surface area contributed by atoms with E-state index in [-0.39, 0.29) is 18.2 Å². The molecule has 23 heavy (non-hydrogen) atoms. The first-order valence-corrected chi connectivity index (χ1v) is 8.62. The summed E-state index contributed by atoms with van der Waals surface area (Å²) in [6, 6.07) is 4.31. The van der Waals surface area contributed by atoms with Crippen molar-refractivity contribution in [3.8, 4) is 0 Å². The minimum Gasteiger partial charge on any atom is -0.465 e. The number of hydrogen-bond donors (Lipinski definition) is 2. The van der Waals surface area contributed by atoms with Gasteiger partial charge in [-0.2, -0.15) is 0 Å². The first kappa shape index (κ1) is 17.9. The number of rotatable bonds is 4. The lowest BCUT2D eigenvalue weighted by Gasteiger charge is -2.28. The fourth-order valence-corrected chi connectivity index (χ4v) is 3.00. The van der Waals surface area contributed by atoms with Crippen LogP contribution in [0.5, 0.6) is 0 Å². The molecule has 1 saturated carbocycles. The third kappa shape index (κ3) is 6.26. The molecular weight excluding hydrogens is 292 g/mol. The van der Waals surface area contributed by atoms with Gasteiger partial charge in [-0.25, -0.2) is 4.79 Å². The molecule has 130 valence electrons. The lowest BCUT2D eigenvalue weighted by atomic mass is 10.0. The fourth-order valence-electron chi connectivity index (χ4n) is 3.00. The molecule has 1 aliphatic rings. The summed E-state index contributed by atoms with van der Waals surface area (Å²) >= 11 is 0. The second-order valence-corrected chi connectivity index (χ2v) is 7.39. The van der Waals surface area contributed by atoms with Crippen LogP contribution in [0, 0.1) is 6.92 Å². The predicted octanol–water partition coefficient (Wildman–Crippen LogP) is 3.90. The average Bonchev–Trinajstić information content (AvgIpc) is 2.72. The molecule has 5 heteroatoms. The van der Waals surface area contributed by atoms with Gasteiger partial charge in [-0.1, -0.05) is 19.3 Å². The van der Waals surface area contributed by atoms with Gasteiger partial charge in [0.15, 0.2) is 0 Å². The van der Waals surface area contributed by atoms with Gasteiger partial charge >= 0.3 is 6.09 Å². The number of furan rings is 1. The van der Waals surface area contributed by atoms with Crippen molar-refractivity contribution in [1.29, 1.82) is 0 Å². The van der Waals surface area contributed by atoms with E-state index < -0.39 is 5.60 Å². The van der Waals surface area contributed by atoms with Crippen molar-refractivity contribution in [2.45, 2.75) is 84.0 Å². The number of hydrogen-bond acceptors (Lipinski definition) is 4. The number of alkyl carbamates (subject to hydrolysis) is 1. The van der Waals surface area contributed by atoms with E-state index in [1.807, 2.05) is 39.8 Å². The van der Waals surface area contributed by atoms with Gasteiger partial charge in [-0.15, -0.1) is 0 Å². The highest BCUT2D eigenvalue weighted by molar-refractivity contribution is 5.68. The van der Waals surface area contributed by atoms with Crippen molar-refractivity contribution in [2.24, 2.45) is 0 Å². The molecular formula is C18H30N2O3. The molecule has 1 aromatic rings. The molecule has 0 radical (unpaired) electrons. The molecule has 0 saturated heterocycles. The number of ether oxygens (including phenoxy) is 1. The quantitative estimate of drug-likeness (QED) is 0.825. The van der Waals surface area contributed by atoms with E-state index in [2.05, 4.69) is 10.6 Å². The number of carbonyl (C=O) groups excluding carboxylic acids is 1. The molecule has 1 aliphatic carbocycles. The highest BCUT2D eigenvalue weighted by Gasteiger charge is 2.27. The third-order valence-electron chi connectivity index (χ3n) is 4.05. The van der Waals surface area contributed by atoms with E-state index in [0.29, 0.717) is 6.54 Å². The normalized spacial score (nSPS) is 22.4. The first-order valence-electron chi connectivity index (χ1n) is 8.62. The van der Waals surface area contributed by atoms with E-state index in [0.717, 1.165) is 30.8 Å². The van der Waals surface area contributed by atoms with Crippen LogP contribution >= 0.6 is 0 Å². The maximum atomic E-state index is 12.1. The topological polar surface area (TPSA) is 63.5 Å². The van der Waals surface area contributed by atoms with Crippen LogP contribution in [0.15, 0.2) is 16.5 Å². The molecule has 2 atom stereocenters. The zero-order valence-electron chi connectivity index (χ0n) is 14.8. The van der Waals surface area contributed by atoms with Gasteiger partial charge in [0, 0.05) is 12.1 Å². The van der Waals surface area contributed by atoms with Crippen molar-refractivity contribution in [1.82, 2.24) is 10.6 Å². The molecule has 0 spiro atoms. The Kier molecular flexibility index (Phi) is 6.10. The van der Waals surface area contributed by atoms with Crippen LogP contribution in [0.1, 0.15) is 64.4 Å². The van der Waals surface area contributed by atoms with Crippen LogP contribution < -0.4 is 10.6 Å². The molecule has 0 aromatic carbocycles. The van der Waals surface area contributed by atoms with Gasteiger partial charge in [0.2, 0.25) is 0 Å². The lowest BCUT2D eigenvalue weighted by Crippen LogP contribution is -2.50. The van der Waals surface area contributed by atoms with E-state index in [1.54, 1.807) is 0 Å². The van der Waals surface area contributed by atoms with E-state index in [1.165, 1.54) is 12.8 Å². The molecule has 0 aliphatic heterocycles. The van der Waals surface area contributed by atoms with Crippen LogP contribution in [0.25, 0.3) is 0 Å². The Bertz CT molecular complexity index is 505. The summed E-state index contributed by atoms with van der Waals surface area (Å²) < 4.78 is 11.0. The minimum atomic E-state index is -0.469. The third-order valence-corrected chi connectivity index (χ3v) is 4.05. The second kappa shape index (κ2) is 7.86. The Morgan fingerprint density at radius 3 is 2.52 bits per heavy atom. The van der Waals surface area contributed by atoms with Crippen molar-refractivity contribution >= 4 is 6.09 Å². The van der Waals surface area contributed by atoms with Gasteiger partial charge in [0.05, 0.1) is 6.54 Å². The summed E-state index contributed by atoms with van der Waals surface area (Å²) in [5.41, 5.74) is -0.469. The SMILES string of the molecule is Cc1ccc(CNC2CCCCCC2NC(=O)OC(C)(C)C)o1. The fraction of sp³-hybridized carbons (Fsp3) is 0.722. The Morgan fingerprint density at radius 2 is 1.91 bits per heavy atom. The standard InChI is InChI=1S/C18H30N2O3/c1-13-10-11-14(22-13)12-19-15-8-6-5-7-9-16(15)20-17(21)23-18(2,3)4/h10-11,15-16,19H,5-9,12H2,1-4H3,(H,20,21). The summed E-state index contributed by atoms with van der Waals surface area (Å²) in [6.07, 6.45) is 5.24. The van der Waals surface area contributed by atoms with E-state index in [4.69, 9.17) is 9.15 Å². The van der Waals surface area contributed by atoms with Crippen LogP contribution in [-0.4, -0.2) is 23.8 Å². The predicted molar refractivity (Wildman–Crippen MR) is 90.3 cm³/mol. The van der Waals surface area contributed by atoms with Crippen LogP contribution in [-0.2, 0) is 11.3 Å². The minimum absolute atomic E-state index is 0.100. The second-order valence-electron chi connectivity index (χ2n) is 7.39. The molecule has 2 rings (SSSR count). The average molecular weight is 322 g/mol. The molecule has 0 bridgehead atoms. The van der Waals surface area contributed by atoms with Crippen molar-refractivity contribution < 1.29 is 13.9 Å². The maximum Gasteiger partial charge on any atom is 0.407 e. The smallest absolute Gasteiger partial charge is 0.407 e. The van der Waals surface area contributed by atoms with Crippen LogP contribution in [0.3, 0.4) is 0 Å². The summed E-state index contributed by atoms with van der Waals surface area (Å²) in [4.78, 5) is 12.1. The molecule has 1 aromatic heterocycles. The van der Waals surface area contributed by atoms with Gasteiger partial charge < -0.3 is 19.8 Å². The molecule has 1 amide bonds. The summed E-state index contributed by atoms with van der Waals surface area (Å²) in [5.74, 6) is 1.86. The zero-order valence-corrected chi connectivity index (χ0v) is 14.8. The monoisotopic (exact) mass is 322 g/mol. The summed E-state index contributed by atoms with van der Waals surface area (Å²) in [5, 5.41) is 6.60. The van der Waals surface area contributed by atoms with Gasteiger partial charge in [0.1, 0.15) is 17.1 Å². The number of carbonyl (C=O) groups is 1. The molecule has 1 fully saturated rings. The summed E-state index contributed by atoms with van der Waals surface area (Å²) in [7, 11) is 0. The van der Waals surface area contributed by atoms with E-state index in [9.17, 15) is 4.79 Å². The molecule has 5 nitrogen and oxygen atoms in total. The summed E-state index contributed by atoms with van der Waals surface area (Å²) in [6.45, 7) is 8.28. The Balaban J connectivity index is 1.91. The van der Waals surface area contributed by atoms with Crippen molar-refractivity contribution in [3.63, 3.8) is 0 Å². The van der Waals surface area contributed by atoms with Gasteiger partial charge in [0.25, 0.3) is 0 Å². The molecule has 1 heterocycles. The zero-order chi connectivity index (χ0) is 16.9. The number of aryl methyl sites for hydroxylation is 1. The number of nitrogens with one attached hydrogen (secondary N) is 2. The Morgan fingerprint density at radius 1 is 1.22 bits per heavy atom. The van der Waals surface area contributed by atoms with Crippen molar-refractivity contribution in [3.05, 3.63) is 23.7 Å². The van der Waals surface area contributed by atoms with Crippen molar-refractivity contribution in [2.75, 3.05) is 0 Å². The lowest BCUT2D eigenvalue weighted by molar-refractivity contribution is 0.0489. The first-order chi connectivity index (χ1) is 10.8.